The number of hydrogen-bond donors (Lipinski definition) is 1. The van der Waals surface area contributed by atoms with Gasteiger partial charge in [-0.05, 0) is 17.7 Å². The third kappa shape index (κ3) is 3.56. The average molecular weight is 248 g/mol. The zero-order chi connectivity index (χ0) is 11.4. The summed E-state index contributed by atoms with van der Waals surface area (Å²) in [6, 6.07) is 4.16. The number of halogens is 2. The van der Waals surface area contributed by atoms with Gasteiger partial charge in [0.15, 0.2) is 5.75 Å². The summed E-state index contributed by atoms with van der Waals surface area (Å²) in [6.45, 7) is 4.93. The van der Waals surface area contributed by atoms with Gasteiger partial charge < -0.3 is 10.1 Å². The molecule has 1 N–H and O–H groups in total. The van der Waals surface area contributed by atoms with Crippen molar-refractivity contribution in [1.29, 1.82) is 0 Å². The molecule has 0 aliphatic rings. The Morgan fingerprint density at radius 1 is 1.27 bits per heavy atom. The predicted octanol–water partition coefficient (Wildman–Crippen LogP) is 3.50. The van der Waals surface area contributed by atoms with Crippen LogP contribution in [-0.2, 0) is 6.54 Å². The van der Waals surface area contributed by atoms with E-state index in [1.54, 1.807) is 7.11 Å². The Kier molecular flexibility index (Phi) is 4.71. The van der Waals surface area contributed by atoms with Crippen molar-refractivity contribution in [3.8, 4) is 5.75 Å². The third-order valence-electron chi connectivity index (χ3n) is 1.98. The molecule has 0 fully saturated rings. The second-order valence-electron chi connectivity index (χ2n) is 3.63. The third-order valence-corrected chi connectivity index (χ3v) is 2.54. The highest BCUT2D eigenvalue weighted by Crippen LogP contribution is 2.33. The fourth-order valence-electron chi connectivity index (χ4n) is 1.23. The maximum absolute atomic E-state index is 6.01. The number of nitrogens with one attached hydrogen (secondary N) is 1. The van der Waals surface area contributed by atoms with Crippen molar-refractivity contribution in [1.82, 2.24) is 5.32 Å². The molecule has 0 amide bonds. The number of benzene rings is 1. The van der Waals surface area contributed by atoms with E-state index < -0.39 is 0 Å². The minimum Gasteiger partial charge on any atom is -0.494 e. The Balaban J connectivity index is 2.84. The highest BCUT2D eigenvalue weighted by molar-refractivity contribution is 6.37. The Morgan fingerprint density at radius 3 is 2.20 bits per heavy atom. The predicted molar refractivity (Wildman–Crippen MR) is 65.0 cm³/mol. The molecule has 2 nitrogen and oxygen atoms in total. The Morgan fingerprint density at radius 2 is 1.80 bits per heavy atom. The Bertz CT molecular complexity index is 316. The lowest BCUT2D eigenvalue weighted by Gasteiger charge is -2.11. The molecular formula is C11H15Cl2NO. The summed E-state index contributed by atoms with van der Waals surface area (Å²) in [7, 11) is 1.55. The van der Waals surface area contributed by atoms with Crippen molar-refractivity contribution >= 4 is 23.2 Å². The van der Waals surface area contributed by atoms with Crippen molar-refractivity contribution in [2.45, 2.75) is 26.4 Å². The van der Waals surface area contributed by atoms with E-state index in [0.29, 0.717) is 21.8 Å². The first-order chi connectivity index (χ1) is 7.04. The van der Waals surface area contributed by atoms with E-state index in [2.05, 4.69) is 19.2 Å². The lowest BCUT2D eigenvalue weighted by Crippen LogP contribution is -2.21. The molecule has 0 saturated carbocycles. The van der Waals surface area contributed by atoms with Gasteiger partial charge in [-0.2, -0.15) is 0 Å². The first-order valence-corrected chi connectivity index (χ1v) is 5.55. The van der Waals surface area contributed by atoms with Gasteiger partial charge in [-0.3, -0.25) is 0 Å². The molecule has 1 aromatic rings. The number of hydrogen-bond acceptors (Lipinski definition) is 2. The smallest absolute Gasteiger partial charge is 0.156 e. The van der Waals surface area contributed by atoms with E-state index in [1.165, 1.54) is 0 Å². The van der Waals surface area contributed by atoms with E-state index >= 15 is 0 Å². The molecule has 1 rings (SSSR count). The van der Waals surface area contributed by atoms with Crippen LogP contribution in [0.25, 0.3) is 0 Å². The van der Waals surface area contributed by atoms with Crippen molar-refractivity contribution in [3.63, 3.8) is 0 Å². The van der Waals surface area contributed by atoms with Crippen LogP contribution in [-0.4, -0.2) is 13.2 Å². The summed E-state index contributed by atoms with van der Waals surface area (Å²) >= 11 is 12.0. The minimum absolute atomic E-state index is 0.435. The average Bonchev–Trinajstić information content (AvgIpc) is 2.14. The van der Waals surface area contributed by atoms with Crippen LogP contribution < -0.4 is 10.1 Å². The van der Waals surface area contributed by atoms with Crippen LogP contribution in [0.15, 0.2) is 12.1 Å². The molecule has 0 heterocycles. The molecule has 15 heavy (non-hydrogen) atoms. The molecule has 0 spiro atoms. The summed E-state index contributed by atoms with van der Waals surface area (Å²) in [5.74, 6) is 0.534. The summed E-state index contributed by atoms with van der Waals surface area (Å²) in [5, 5.41) is 4.39. The largest absolute Gasteiger partial charge is 0.494 e. The van der Waals surface area contributed by atoms with Crippen LogP contribution in [0.2, 0.25) is 10.0 Å². The molecule has 84 valence electrons. The molecule has 4 heteroatoms. The first kappa shape index (κ1) is 12.6. The molecule has 0 atom stereocenters. The molecule has 1 aromatic carbocycles. The fraction of sp³-hybridized carbons (Fsp3) is 0.455. The van der Waals surface area contributed by atoms with E-state index in [1.807, 2.05) is 12.1 Å². The minimum atomic E-state index is 0.435. The monoisotopic (exact) mass is 247 g/mol. The van der Waals surface area contributed by atoms with Crippen molar-refractivity contribution in [2.75, 3.05) is 7.11 Å². The zero-order valence-corrected chi connectivity index (χ0v) is 10.6. The van der Waals surface area contributed by atoms with Gasteiger partial charge in [-0.15, -0.1) is 0 Å². The van der Waals surface area contributed by atoms with Crippen LogP contribution in [0.5, 0.6) is 5.75 Å². The fourth-order valence-corrected chi connectivity index (χ4v) is 1.92. The molecule has 0 aliphatic carbocycles. The van der Waals surface area contributed by atoms with Gasteiger partial charge >= 0.3 is 0 Å². The Hall–Kier alpha value is -0.440. The van der Waals surface area contributed by atoms with Gasteiger partial charge in [-0.25, -0.2) is 0 Å². The van der Waals surface area contributed by atoms with Gasteiger partial charge in [0.2, 0.25) is 0 Å². The summed E-state index contributed by atoms with van der Waals surface area (Å²) in [6.07, 6.45) is 0. The Labute approximate surface area is 101 Å². The molecule has 0 aliphatic heterocycles. The van der Waals surface area contributed by atoms with Crippen LogP contribution in [0.4, 0.5) is 0 Å². The van der Waals surface area contributed by atoms with Gasteiger partial charge in [0.1, 0.15) is 0 Å². The summed E-state index contributed by atoms with van der Waals surface area (Å²) in [5.41, 5.74) is 1.06. The normalized spacial score (nSPS) is 10.8. The maximum atomic E-state index is 6.01. The SMILES string of the molecule is COc1c(Cl)cc(CNC(C)C)cc1Cl. The van der Waals surface area contributed by atoms with Crippen molar-refractivity contribution < 1.29 is 4.74 Å². The molecule has 0 radical (unpaired) electrons. The van der Waals surface area contributed by atoms with Gasteiger partial charge in [0, 0.05) is 12.6 Å². The van der Waals surface area contributed by atoms with Gasteiger partial charge in [0.25, 0.3) is 0 Å². The van der Waals surface area contributed by atoms with Crippen molar-refractivity contribution in [2.24, 2.45) is 0 Å². The van der Waals surface area contributed by atoms with Crippen molar-refractivity contribution in [3.05, 3.63) is 27.7 Å². The first-order valence-electron chi connectivity index (χ1n) is 4.80. The van der Waals surface area contributed by atoms with E-state index in [-0.39, 0.29) is 0 Å². The molecule has 0 aromatic heterocycles. The second-order valence-corrected chi connectivity index (χ2v) is 4.44. The second kappa shape index (κ2) is 5.59. The quantitative estimate of drug-likeness (QED) is 0.880. The summed E-state index contributed by atoms with van der Waals surface area (Å²) in [4.78, 5) is 0. The van der Waals surface area contributed by atoms with E-state index in [0.717, 1.165) is 12.1 Å². The lowest BCUT2D eigenvalue weighted by atomic mass is 10.2. The number of ether oxygens (including phenoxy) is 1. The van der Waals surface area contributed by atoms with E-state index in [4.69, 9.17) is 27.9 Å². The topological polar surface area (TPSA) is 21.3 Å². The van der Waals surface area contributed by atoms with Crippen LogP contribution in [0, 0.1) is 0 Å². The van der Waals surface area contributed by atoms with Gasteiger partial charge in [-0.1, -0.05) is 37.0 Å². The highest BCUT2D eigenvalue weighted by Gasteiger charge is 2.08. The van der Waals surface area contributed by atoms with Gasteiger partial charge in [0.05, 0.1) is 17.2 Å². The molecular weight excluding hydrogens is 233 g/mol. The highest BCUT2D eigenvalue weighted by atomic mass is 35.5. The van der Waals surface area contributed by atoms with Crippen LogP contribution in [0.1, 0.15) is 19.4 Å². The standard InChI is InChI=1S/C11H15Cl2NO/c1-7(2)14-6-8-4-9(12)11(15-3)10(13)5-8/h4-5,7,14H,6H2,1-3H3. The summed E-state index contributed by atoms with van der Waals surface area (Å²) < 4.78 is 5.07. The van der Waals surface area contributed by atoms with E-state index in [9.17, 15) is 0 Å². The number of rotatable bonds is 4. The maximum Gasteiger partial charge on any atom is 0.156 e. The zero-order valence-electron chi connectivity index (χ0n) is 9.10. The van der Waals surface area contributed by atoms with Crippen LogP contribution >= 0.6 is 23.2 Å². The van der Waals surface area contributed by atoms with Crippen LogP contribution in [0.3, 0.4) is 0 Å². The molecule has 0 bridgehead atoms. The molecule has 0 saturated heterocycles. The number of methoxy groups -OCH3 is 1. The molecule has 0 unspecified atom stereocenters. The lowest BCUT2D eigenvalue weighted by molar-refractivity contribution is 0.415.